The number of carbonyl (C=O) groups excluding carboxylic acids is 1. The number of hydrogen-bond acceptors (Lipinski definition) is 5. The fraction of sp³-hybridized carbons (Fsp3) is 0.278. The standard InChI is InChI=1S/C18H18Cl2N4O3/c1-2-5-24(10-16(25)21-14-8-12(19)7-13(20)9-14)11-17-22-23-18(27-17)15-4-3-6-26-15/h3-4,6-9H,2,5,10-11H2,1H3,(H,21,25)/p+1. The summed E-state index contributed by atoms with van der Waals surface area (Å²) in [6.07, 6.45) is 2.45. The summed E-state index contributed by atoms with van der Waals surface area (Å²) < 4.78 is 10.9. The zero-order valence-electron chi connectivity index (χ0n) is 14.7. The largest absolute Gasteiger partial charge is 0.459 e. The smallest absolute Gasteiger partial charge is 0.283 e. The summed E-state index contributed by atoms with van der Waals surface area (Å²) in [5, 5.41) is 11.8. The molecule has 0 saturated carbocycles. The molecule has 0 spiro atoms. The van der Waals surface area contributed by atoms with Gasteiger partial charge in [0.15, 0.2) is 18.8 Å². The molecule has 0 aliphatic heterocycles. The second-order valence-corrected chi connectivity index (χ2v) is 6.91. The Labute approximate surface area is 166 Å². The molecule has 9 heteroatoms. The highest BCUT2D eigenvalue weighted by Gasteiger charge is 2.19. The first-order valence-electron chi connectivity index (χ1n) is 8.49. The lowest BCUT2D eigenvalue weighted by atomic mass is 10.3. The van der Waals surface area contributed by atoms with Crippen LogP contribution in [-0.4, -0.2) is 29.2 Å². The summed E-state index contributed by atoms with van der Waals surface area (Å²) in [6, 6.07) is 8.41. The number of quaternary nitrogens is 1. The molecule has 2 N–H and O–H groups in total. The van der Waals surface area contributed by atoms with Crippen molar-refractivity contribution in [3.8, 4) is 11.7 Å². The van der Waals surface area contributed by atoms with Gasteiger partial charge in [-0.3, -0.25) is 4.79 Å². The Morgan fingerprint density at radius 2 is 2.00 bits per heavy atom. The first-order valence-corrected chi connectivity index (χ1v) is 9.25. The molecule has 1 unspecified atom stereocenters. The zero-order valence-corrected chi connectivity index (χ0v) is 16.2. The Kier molecular flexibility index (Phi) is 6.49. The molecule has 0 fully saturated rings. The zero-order chi connectivity index (χ0) is 19.2. The molecule has 142 valence electrons. The molecule has 2 heterocycles. The second kappa shape index (κ2) is 9.03. The van der Waals surface area contributed by atoms with Gasteiger partial charge in [0, 0.05) is 15.7 Å². The van der Waals surface area contributed by atoms with Gasteiger partial charge in [0.25, 0.3) is 17.7 Å². The van der Waals surface area contributed by atoms with E-state index in [0.29, 0.717) is 39.8 Å². The summed E-state index contributed by atoms with van der Waals surface area (Å²) in [7, 11) is 0. The number of rotatable bonds is 8. The van der Waals surface area contributed by atoms with Crippen LogP contribution in [0.5, 0.6) is 0 Å². The van der Waals surface area contributed by atoms with E-state index in [1.807, 2.05) is 0 Å². The van der Waals surface area contributed by atoms with Crippen LogP contribution in [-0.2, 0) is 11.3 Å². The first-order chi connectivity index (χ1) is 13.0. The lowest BCUT2D eigenvalue weighted by molar-refractivity contribution is -0.907. The van der Waals surface area contributed by atoms with Gasteiger partial charge in [0.05, 0.1) is 12.8 Å². The highest BCUT2D eigenvalue weighted by Crippen LogP contribution is 2.22. The third-order valence-electron chi connectivity index (χ3n) is 3.76. The Morgan fingerprint density at radius 1 is 1.22 bits per heavy atom. The molecule has 1 amide bonds. The Bertz CT molecular complexity index is 876. The fourth-order valence-corrected chi connectivity index (χ4v) is 3.22. The van der Waals surface area contributed by atoms with Gasteiger partial charge in [-0.1, -0.05) is 30.1 Å². The van der Waals surface area contributed by atoms with Crippen LogP contribution in [0.3, 0.4) is 0 Å². The van der Waals surface area contributed by atoms with Crippen molar-refractivity contribution in [1.29, 1.82) is 0 Å². The van der Waals surface area contributed by atoms with Gasteiger partial charge < -0.3 is 19.1 Å². The molecule has 1 atom stereocenters. The predicted octanol–water partition coefficient (Wildman–Crippen LogP) is 3.07. The molecule has 7 nitrogen and oxygen atoms in total. The van der Waals surface area contributed by atoms with E-state index >= 15 is 0 Å². The molecule has 27 heavy (non-hydrogen) atoms. The molecule has 0 bridgehead atoms. The average Bonchev–Trinajstić information content (AvgIpc) is 3.24. The van der Waals surface area contributed by atoms with Crippen molar-refractivity contribution >= 4 is 34.8 Å². The second-order valence-electron chi connectivity index (χ2n) is 6.04. The van der Waals surface area contributed by atoms with Crippen LogP contribution in [0.4, 0.5) is 5.69 Å². The molecule has 3 aromatic rings. The Hall–Kier alpha value is -2.35. The minimum Gasteiger partial charge on any atom is -0.459 e. The normalized spacial score (nSPS) is 12.1. The van der Waals surface area contributed by atoms with Crippen molar-refractivity contribution in [2.45, 2.75) is 19.9 Å². The van der Waals surface area contributed by atoms with Crippen molar-refractivity contribution in [2.24, 2.45) is 0 Å². The highest BCUT2D eigenvalue weighted by atomic mass is 35.5. The monoisotopic (exact) mass is 409 g/mol. The number of carbonyl (C=O) groups is 1. The third kappa shape index (κ3) is 5.56. The number of nitrogens with zero attached hydrogens (tertiary/aromatic N) is 2. The van der Waals surface area contributed by atoms with Crippen LogP contribution >= 0.6 is 23.2 Å². The quantitative estimate of drug-likeness (QED) is 0.596. The summed E-state index contributed by atoms with van der Waals surface area (Å²) in [4.78, 5) is 13.4. The van der Waals surface area contributed by atoms with Crippen molar-refractivity contribution in [3.05, 3.63) is 52.5 Å². The van der Waals surface area contributed by atoms with Gasteiger partial charge in [0.2, 0.25) is 0 Å². The maximum atomic E-state index is 12.4. The molecular weight excluding hydrogens is 391 g/mol. The van der Waals surface area contributed by atoms with Gasteiger partial charge in [-0.15, -0.1) is 10.2 Å². The predicted molar refractivity (Wildman–Crippen MR) is 102 cm³/mol. The maximum Gasteiger partial charge on any atom is 0.283 e. The van der Waals surface area contributed by atoms with Crippen molar-refractivity contribution < 1.29 is 18.5 Å². The highest BCUT2D eigenvalue weighted by molar-refractivity contribution is 6.35. The third-order valence-corrected chi connectivity index (χ3v) is 4.20. The minimum atomic E-state index is -0.150. The fourth-order valence-electron chi connectivity index (χ4n) is 2.69. The van der Waals surface area contributed by atoms with Gasteiger partial charge in [-0.25, -0.2) is 0 Å². The number of aromatic nitrogens is 2. The van der Waals surface area contributed by atoms with Crippen molar-refractivity contribution in [3.63, 3.8) is 0 Å². The molecular formula is C18H19Cl2N4O3+. The summed E-state index contributed by atoms with van der Waals surface area (Å²) in [6.45, 7) is 3.51. The van der Waals surface area contributed by atoms with Gasteiger partial charge in [0.1, 0.15) is 0 Å². The van der Waals surface area contributed by atoms with Gasteiger partial charge in [-0.2, -0.15) is 0 Å². The Morgan fingerprint density at radius 3 is 2.67 bits per heavy atom. The van der Waals surface area contributed by atoms with Crippen LogP contribution in [0, 0.1) is 0 Å². The lowest BCUT2D eigenvalue weighted by Crippen LogP contribution is -3.11. The average molecular weight is 410 g/mol. The number of nitrogens with one attached hydrogen (secondary N) is 2. The number of furan rings is 1. The molecule has 0 aliphatic rings. The summed E-state index contributed by atoms with van der Waals surface area (Å²) in [5.74, 6) is 1.14. The number of benzene rings is 1. The van der Waals surface area contributed by atoms with E-state index in [9.17, 15) is 4.79 Å². The van der Waals surface area contributed by atoms with E-state index in [0.717, 1.165) is 17.9 Å². The maximum absolute atomic E-state index is 12.4. The van der Waals surface area contributed by atoms with Crippen molar-refractivity contribution in [2.75, 3.05) is 18.4 Å². The van der Waals surface area contributed by atoms with Crippen LogP contribution in [0.15, 0.2) is 45.4 Å². The van der Waals surface area contributed by atoms with E-state index in [-0.39, 0.29) is 12.5 Å². The summed E-state index contributed by atoms with van der Waals surface area (Å²) in [5.41, 5.74) is 0.561. The first kappa shape index (κ1) is 19.4. The molecule has 0 saturated heterocycles. The minimum absolute atomic E-state index is 0.150. The number of anilines is 1. The number of hydrogen-bond donors (Lipinski definition) is 2. The molecule has 0 radical (unpaired) electrons. The van der Waals surface area contributed by atoms with Crippen molar-refractivity contribution in [1.82, 2.24) is 10.2 Å². The van der Waals surface area contributed by atoms with E-state index < -0.39 is 0 Å². The lowest BCUT2D eigenvalue weighted by Gasteiger charge is -2.16. The van der Waals surface area contributed by atoms with Gasteiger partial charge >= 0.3 is 0 Å². The number of amides is 1. The molecule has 2 aromatic heterocycles. The van der Waals surface area contributed by atoms with Crippen LogP contribution in [0.25, 0.3) is 11.7 Å². The topological polar surface area (TPSA) is 85.6 Å². The SMILES string of the molecule is CCC[NH+](CC(=O)Nc1cc(Cl)cc(Cl)c1)Cc1nnc(-c2ccco2)o1. The van der Waals surface area contributed by atoms with E-state index in [4.69, 9.17) is 32.0 Å². The van der Waals surface area contributed by atoms with E-state index in [1.165, 1.54) is 0 Å². The van der Waals surface area contributed by atoms with Crippen LogP contribution in [0.2, 0.25) is 10.0 Å². The molecule has 1 aromatic carbocycles. The molecule has 3 rings (SSSR count). The van der Waals surface area contributed by atoms with Crippen LogP contribution in [0.1, 0.15) is 19.2 Å². The number of halogens is 2. The molecule has 0 aliphatic carbocycles. The van der Waals surface area contributed by atoms with E-state index in [2.05, 4.69) is 22.4 Å². The van der Waals surface area contributed by atoms with Crippen LogP contribution < -0.4 is 10.2 Å². The van der Waals surface area contributed by atoms with E-state index in [1.54, 1.807) is 36.6 Å². The Balaban J connectivity index is 1.62. The summed E-state index contributed by atoms with van der Waals surface area (Å²) >= 11 is 11.9. The van der Waals surface area contributed by atoms with Gasteiger partial charge in [-0.05, 0) is 36.8 Å².